The average molecular weight is 1060 g/mol. The highest BCUT2D eigenvalue weighted by Gasteiger charge is 2.53. The van der Waals surface area contributed by atoms with E-state index in [0.717, 1.165) is 36.9 Å². The number of benzene rings is 5. The minimum absolute atomic E-state index is 0.00180. The number of allylic oxidation sites excluding steroid dienone is 7. The second kappa shape index (κ2) is 16.9. The average Bonchev–Trinajstić information content (AvgIpc) is 1.79. The van der Waals surface area contributed by atoms with E-state index in [-0.39, 0.29) is 50.0 Å². The van der Waals surface area contributed by atoms with E-state index in [1.807, 2.05) is 0 Å². The number of hydrogen-bond acceptors (Lipinski definition) is 3. The van der Waals surface area contributed by atoms with Gasteiger partial charge in [-0.3, -0.25) is 0 Å². The Balaban J connectivity index is 1.16. The zero-order valence-corrected chi connectivity index (χ0v) is 51.6. The van der Waals surface area contributed by atoms with Crippen molar-refractivity contribution in [3.05, 3.63) is 165 Å². The van der Waals surface area contributed by atoms with Crippen LogP contribution in [-0.4, -0.2) is 6.71 Å². The molecule has 1 aromatic heterocycles. The van der Waals surface area contributed by atoms with E-state index >= 15 is 0 Å². The lowest BCUT2D eigenvalue weighted by Crippen LogP contribution is -2.61. The summed E-state index contributed by atoms with van der Waals surface area (Å²) in [6, 6.07) is 34.9. The normalized spacial score (nSPS) is 25.6. The zero-order valence-electron chi connectivity index (χ0n) is 51.6. The van der Waals surface area contributed by atoms with Crippen molar-refractivity contribution in [1.29, 1.82) is 0 Å². The molecule has 2 saturated carbocycles. The van der Waals surface area contributed by atoms with E-state index in [4.69, 9.17) is 4.42 Å². The number of fused-ring (bicyclic) bond motifs is 10. The van der Waals surface area contributed by atoms with Crippen LogP contribution in [0.2, 0.25) is 0 Å². The summed E-state index contributed by atoms with van der Waals surface area (Å²) in [5, 5.41) is 1.26. The first-order valence-corrected chi connectivity index (χ1v) is 31.2. The Kier molecular flexibility index (Phi) is 11.1. The van der Waals surface area contributed by atoms with Crippen LogP contribution in [0.15, 0.2) is 125 Å². The molecule has 0 saturated heterocycles. The molecular weight excluding hydrogens is 968 g/mol. The van der Waals surface area contributed by atoms with Gasteiger partial charge in [0.25, 0.3) is 6.71 Å². The maximum Gasteiger partial charge on any atom is 0.297 e. The monoisotopic (exact) mass is 1060 g/mol. The van der Waals surface area contributed by atoms with Crippen molar-refractivity contribution in [3.8, 4) is 0 Å². The SMILES string of the molecule is CC1(C)CCC(C)(C)C2CC(c3ccccc3)=C(N3c4cc(C(C)(C)C)ccc4B4c5oc6cc7c(cc6c5N(c5cc6c(cc5C5=CCCC=C5)C(C)(C)CCC6(C)C)c5cc(C(C)(C)C)cc3c54)C3(C)CCC7(C)CC3)C=C21. The smallest absolute Gasteiger partial charge is 0.297 e. The minimum atomic E-state index is -0.172. The number of furan rings is 1. The second-order valence-electron chi connectivity index (χ2n) is 31.9. The maximum absolute atomic E-state index is 7.95. The summed E-state index contributed by atoms with van der Waals surface area (Å²) in [5.41, 5.74) is 28.6. The topological polar surface area (TPSA) is 19.6 Å². The molecule has 1 atom stereocenters. The third kappa shape index (κ3) is 7.63. The van der Waals surface area contributed by atoms with Crippen molar-refractivity contribution in [2.45, 2.75) is 214 Å². The lowest BCUT2D eigenvalue weighted by atomic mass is 9.35. The third-order valence-corrected chi connectivity index (χ3v) is 22.7. The molecule has 80 heavy (non-hydrogen) atoms. The Bertz CT molecular complexity index is 3760. The second-order valence-corrected chi connectivity index (χ2v) is 31.9. The van der Waals surface area contributed by atoms with Gasteiger partial charge < -0.3 is 14.2 Å². The number of hydrogen-bond donors (Lipinski definition) is 0. The predicted molar refractivity (Wildman–Crippen MR) is 343 cm³/mol. The van der Waals surface area contributed by atoms with Crippen LogP contribution < -0.4 is 26.4 Å². The minimum Gasteiger partial charge on any atom is -0.468 e. The third-order valence-electron chi connectivity index (χ3n) is 22.7. The summed E-state index contributed by atoms with van der Waals surface area (Å²) in [6.45, 7) is 39.6. The van der Waals surface area contributed by atoms with Crippen molar-refractivity contribution < 1.29 is 4.42 Å². The highest BCUT2D eigenvalue weighted by Crippen LogP contribution is 2.62. The van der Waals surface area contributed by atoms with Crippen molar-refractivity contribution in [3.63, 3.8) is 0 Å². The van der Waals surface area contributed by atoms with Gasteiger partial charge in [0.2, 0.25) is 0 Å². The van der Waals surface area contributed by atoms with Gasteiger partial charge in [0, 0.05) is 33.7 Å². The van der Waals surface area contributed by atoms with Crippen LogP contribution >= 0.6 is 0 Å². The van der Waals surface area contributed by atoms with Crippen molar-refractivity contribution in [1.82, 2.24) is 0 Å². The predicted octanol–water partition coefficient (Wildman–Crippen LogP) is 19.2. The van der Waals surface area contributed by atoms with Crippen LogP contribution in [0.3, 0.4) is 0 Å². The fourth-order valence-corrected chi connectivity index (χ4v) is 16.8. The fraction of sp³-hybridized carbons (Fsp3) is 0.474. The summed E-state index contributed by atoms with van der Waals surface area (Å²) in [4.78, 5) is 5.59. The molecule has 6 aromatic rings. The molecule has 3 heterocycles. The molecule has 5 aromatic carbocycles. The first-order valence-electron chi connectivity index (χ1n) is 31.2. The highest BCUT2D eigenvalue weighted by molar-refractivity contribution is 7.00. The van der Waals surface area contributed by atoms with E-state index in [9.17, 15) is 0 Å². The molecule has 3 nitrogen and oxygen atoms in total. The van der Waals surface area contributed by atoms with E-state index < -0.39 is 0 Å². The first kappa shape index (κ1) is 52.3. The Hall–Kier alpha value is -5.74. The summed E-state index contributed by atoms with van der Waals surface area (Å²) in [7, 11) is 0. The molecule has 4 heteroatoms. The molecule has 0 spiro atoms. The summed E-state index contributed by atoms with van der Waals surface area (Å²) < 4.78 is 7.95. The number of nitrogens with zero attached hydrogens (tertiary/aromatic N) is 2. The first-order chi connectivity index (χ1) is 37.6. The van der Waals surface area contributed by atoms with Gasteiger partial charge in [-0.25, -0.2) is 0 Å². The summed E-state index contributed by atoms with van der Waals surface area (Å²) >= 11 is 0. The quantitative estimate of drug-likeness (QED) is 0.164. The molecular formula is C76H89BN2O. The molecule has 2 fully saturated rings. The van der Waals surface area contributed by atoms with Crippen LogP contribution in [0, 0.1) is 16.7 Å². The molecule has 15 rings (SSSR count). The van der Waals surface area contributed by atoms with E-state index in [1.54, 1.807) is 11.1 Å². The molecule has 2 aliphatic heterocycles. The van der Waals surface area contributed by atoms with Gasteiger partial charge in [-0.05, 0) is 229 Å². The molecule has 0 amide bonds. The zero-order chi connectivity index (χ0) is 56.2. The van der Waals surface area contributed by atoms with Gasteiger partial charge in [-0.1, -0.05) is 177 Å². The van der Waals surface area contributed by atoms with Crippen LogP contribution in [0.25, 0.3) is 22.1 Å². The van der Waals surface area contributed by atoms with Crippen molar-refractivity contribution in [2.75, 3.05) is 9.80 Å². The summed E-state index contributed by atoms with van der Waals surface area (Å²) in [6.07, 6.45) is 22.9. The Labute approximate surface area is 481 Å². The van der Waals surface area contributed by atoms with E-state index in [1.165, 1.54) is 145 Å². The van der Waals surface area contributed by atoms with Gasteiger partial charge >= 0.3 is 0 Å². The molecule has 2 bridgehead atoms. The van der Waals surface area contributed by atoms with Gasteiger partial charge in [0.05, 0.1) is 17.0 Å². The fourth-order valence-electron chi connectivity index (χ4n) is 16.8. The number of rotatable bonds is 4. The Morgan fingerprint density at radius 2 is 1.18 bits per heavy atom. The molecule has 1 unspecified atom stereocenters. The Morgan fingerprint density at radius 1 is 0.562 bits per heavy atom. The number of anilines is 5. The Morgan fingerprint density at radius 3 is 1.81 bits per heavy atom. The maximum atomic E-state index is 7.95. The van der Waals surface area contributed by atoms with Gasteiger partial charge in [0.1, 0.15) is 5.58 Å². The van der Waals surface area contributed by atoms with Crippen molar-refractivity contribution in [2.24, 2.45) is 16.7 Å². The van der Waals surface area contributed by atoms with Crippen LogP contribution in [0.1, 0.15) is 226 Å². The van der Waals surface area contributed by atoms with Crippen LogP contribution in [0.5, 0.6) is 0 Å². The standard InChI is InChI=1S/C76H89BN2O/c1-69(2,3)48-27-28-59-62(37-48)78(60-43-55-53(71(7,8)29-31-73(55,11)12)40-50(60)46-23-19-17-20-24-46)63-38-49(70(4,5)6)39-64-66(63)77(59)68-67(52-42-57-58(45-65(52)80-68)76(16)35-33-75(57,15)34-36-76)79(64)61-44-56-54(72(9,10)30-32-74(56,13)14)41-51(61)47-25-21-18-22-26-47/h17,19-21,23-28,37-39,41-45,53H,18,22,29-36,40H2,1-16H3. The molecule has 7 aliphatic carbocycles. The largest absolute Gasteiger partial charge is 0.468 e. The van der Waals surface area contributed by atoms with E-state index in [2.05, 4.69) is 230 Å². The van der Waals surface area contributed by atoms with E-state index in [0.29, 0.717) is 5.92 Å². The van der Waals surface area contributed by atoms with Gasteiger partial charge in [-0.15, -0.1) is 0 Å². The molecule has 0 radical (unpaired) electrons. The van der Waals surface area contributed by atoms with Crippen LogP contribution in [-0.2, 0) is 32.5 Å². The van der Waals surface area contributed by atoms with Gasteiger partial charge in [-0.2, -0.15) is 0 Å². The van der Waals surface area contributed by atoms with Gasteiger partial charge in [0.15, 0.2) is 0 Å². The van der Waals surface area contributed by atoms with Crippen molar-refractivity contribution >= 4 is 73.9 Å². The lowest BCUT2D eigenvalue weighted by Gasteiger charge is -2.52. The van der Waals surface area contributed by atoms with Crippen LogP contribution in [0.4, 0.5) is 28.4 Å². The highest BCUT2D eigenvalue weighted by atomic mass is 16.3. The molecule has 9 aliphatic rings. The molecule has 0 N–H and O–H groups in total. The summed E-state index contributed by atoms with van der Waals surface area (Å²) in [5.74, 6) is 0.442. The lowest BCUT2D eigenvalue weighted by molar-refractivity contribution is 0.125. The molecule has 412 valence electrons.